The van der Waals surface area contributed by atoms with Crippen molar-refractivity contribution in [3.8, 4) is 0 Å². The molecule has 1 fully saturated rings. The van der Waals surface area contributed by atoms with Crippen LogP contribution in [0.5, 0.6) is 0 Å². The number of fused-ring (bicyclic) bond motifs is 1. The molecule has 1 aromatic heterocycles. The molecule has 7 nitrogen and oxygen atoms in total. The van der Waals surface area contributed by atoms with Gasteiger partial charge in [-0.15, -0.1) is 17.9 Å². The third-order valence-corrected chi connectivity index (χ3v) is 8.11. The Kier molecular flexibility index (Phi) is 7.54. The smallest absolute Gasteiger partial charge is 0.186 e. The summed E-state index contributed by atoms with van der Waals surface area (Å²) in [5.41, 5.74) is 0.957. The maximum Gasteiger partial charge on any atom is 0.186 e. The standard InChI is InChI=1S/C17H21NO6S3/c1-2-9(26-27-17-18-10-5-3-4-6-12(10)25-17)8-23-16-15(22)14(21)13(20)11(7-19)24-16/h2-6,9,11,13-16,19-22H,1,7-8H2/t9?,11?,13-,14-,15?,16+/m0/s1. The van der Waals surface area contributed by atoms with Crippen LogP contribution < -0.4 is 0 Å². The molecular weight excluding hydrogens is 410 g/mol. The summed E-state index contributed by atoms with van der Waals surface area (Å²) in [6, 6.07) is 7.91. The fourth-order valence-electron chi connectivity index (χ4n) is 2.52. The molecule has 3 unspecified atom stereocenters. The zero-order chi connectivity index (χ0) is 19.4. The van der Waals surface area contributed by atoms with Crippen molar-refractivity contribution in [3.63, 3.8) is 0 Å². The quantitative estimate of drug-likeness (QED) is 0.364. The second kappa shape index (κ2) is 9.68. The highest BCUT2D eigenvalue weighted by atomic mass is 33.1. The van der Waals surface area contributed by atoms with Crippen molar-refractivity contribution in [2.75, 3.05) is 13.2 Å². The van der Waals surface area contributed by atoms with Gasteiger partial charge < -0.3 is 29.9 Å². The van der Waals surface area contributed by atoms with Crippen LogP contribution in [0, 0.1) is 0 Å². The van der Waals surface area contributed by atoms with Gasteiger partial charge in [0.1, 0.15) is 24.4 Å². The number of benzene rings is 1. The molecule has 27 heavy (non-hydrogen) atoms. The number of hydrogen-bond donors (Lipinski definition) is 4. The molecule has 4 N–H and O–H groups in total. The van der Waals surface area contributed by atoms with Gasteiger partial charge in [-0.25, -0.2) is 4.98 Å². The van der Waals surface area contributed by atoms with Gasteiger partial charge in [-0.3, -0.25) is 0 Å². The minimum atomic E-state index is -1.45. The Morgan fingerprint density at radius 1 is 1.26 bits per heavy atom. The summed E-state index contributed by atoms with van der Waals surface area (Å²) in [6.45, 7) is 3.48. The minimum Gasteiger partial charge on any atom is -0.394 e. The lowest BCUT2D eigenvalue weighted by molar-refractivity contribution is -0.300. The monoisotopic (exact) mass is 431 g/mol. The number of thiazole rings is 1. The van der Waals surface area contributed by atoms with Crippen LogP contribution in [-0.2, 0) is 9.47 Å². The normalized spacial score (nSPS) is 29.7. The van der Waals surface area contributed by atoms with Crippen molar-refractivity contribution in [1.29, 1.82) is 0 Å². The van der Waals surface area contributed by atoms with Gasteiger partial charge in [0.2, 0.25) is 0 Å². The predicted octanol–water partition coefficient (Wildman–Crippen LogP) is 1.41. The van der Waals surface area contributed by atoms with Crippen LogP contribution in [0.25, 0.3) is 10.2 Å². The first kappa shape index (κ1) is 21.0. The van der Waals surface area contributed by atoms with E-state index in [4.69, 9.17) is 9.47 Å². The molecule has 1 aromatic carbocycles. The Hall–Kier alpha value is -0.690. The molecule has 1 saturated heterocycles. The second-order valence-electron chi connectivity index (χ2n) is 5.93. The van der Waals surface area contributed by atoms with Gasteiger partial charge in [0, 0.05) is 0 Å². The lowest BCUT2D eigenvalue weighted by atomic mass is 9.99. The maximum atomic E-state index is 10.0. The zero-order valence-corrected chi connectivity index (χ0v) is 16.7. The first-order chi connectivity index (χ1) is 13.0. The van der Waals surface area contributed by atoms with Crippen molar-refractivity contribution in [3.05, 3.63) is 36.9 Å². The van der Waals surface area contributed by atoms with Crippen molar-refractivity contribution < 1.29 is 29.9 Å². The van der Waals surface area contributed by atoms with Crippen LogP contribution in [0.3, 0.4) is 0 Å². The number of rotatable bonds is 8. The van der Waals surface area contributed by atoms with E-state index in [1.54, 1.807) is 17.4 Å². The van der Waals surface area contributed by atoms with E-state index in [1.807, 2.05) is 24.3 Å². The molecule has 3 rings (SSSR count). The molecule has 0 spiro atoms. The molecule has 148 valence electrons. The molecule has 0 radical (unpaired) electrons. The SMILES string of the molecule is C=CC(CO[C@@H]1OC(CO)[C@H](O)[C@H](O)C1O)SSc1nc2ccccc2s1. The molecule has 0 saturated carbocycles. The molecule has 2 aromatic rings. The molecule has 10 heteroatoms. The van der Waals surface area contributed by atoms with E-state index in [-0.39, 0.29) is 11.9 Å². The minimum absolute atomic E-state index is 0.116. The fourth-order valence-corrected chi connectivity index (χ4v) is 5.97. The maximum absolute atomic E-state index is 10.0. The Morgan fingerprint density at radius 3 is 2.74 bits per heavy atom. The average Bonchev–Trinajstić information content (AvgIpc) is 3.10. The van der Waals surface area contributed by atoms with E-state index in [0.717, 1.165) is 14.6 Å². The lowest BCUT2D eigenvalue weighted by Crippen LogP contribution is -2.59. The van der Waals surface area contributed by atoms with Crippen molar-refractivity contribution >= 4 is 43.1 Å². The second-order valence-corrected chi connectivity index (χ2v) is 9.65. The van der Waals surface area contributed by atoms with Gasteiger partial charge in [-0.05, 0) is 22.9 Å². The molecule has 0 aliphatic carbocycles. The Bertz CT molecular complexity index is 724. The Balaban J connectivity index is 1.53. The van der Waals surface area contributed by atoms with E-state index in [0.29, 0.717) is 0 Å². The third-order valence-electron chi connectivity index (χ3n) is 4.05. The zero-order valence-electron chi connectivity index (χ0n) is 14.2. The summed E-state index contributed by atoms with van der Waals surface area (Å²) in [7, 11) is 3.02. The Labute approximate surface area is 168 Å². The first-order valence-electron chi connectivity index (χ1n) is 8.27. The molecule has 1 aliphatic rings. The summed E-state index contributed by atoms with van der Waals surface area (Å²) in [6.07, 6.45) is -4.67. The number of aliphatic hydroxyl groups excluding tert-OH is 4. The molecule has 2 heterocycles. The average molecular weight is 432 g/mol. The summed E-state index contributed by atoms with van der Waals surface area (Å²) in [4.78, 5) is 4.55. The van der Waals surface area contributed by atoms with Gasteiger partial charge in [-0.1, -0.05) is 29.0 Å². The molecular formula is C17H21NO6S3. The number of nitrogens with zero attached hydrogens (tertiary/aromatic N) is 1. The van der Waals surface area contributed by atoms with Crippen LogP contribution in [0.2, 0.25) is 0 Å². The van der Waals surface area contributed by atoms with E-state index < -0.39 is 37.3 Å². The van der Waals surface area contributed by atoms with Gasteiger partial charge >= 0.3 is 0 Å². The van der Waals surface area contributed by atoms with Crippen LogP contribution in [0.15, 0.2) is 41.3 Å². The van der Waals surface area contributed by atoms with Gasteiger partial charge in [0.15, 0.2) is 10.6 Å². The number of aliphatic hydroxyl groups is 4. The fraction of sp³-hybridized carbons (Fsp3) is 0.471. The van der Waals surface area contributed by atoms with E-state index in [2.05, 4.69) is 11.6 Å². The largest absolute Gasteiger partial charge is 0.394 e. The van der Waals surface area contributed by atoms with Crippen LogP contribution in [0.1, 0.15) is 0 Å². The van der Waals surface area contributed by atoms with Crippen LogP contribution in [-0.4, -0.2) is 74.6 Å². The topological polar surface area (TPSA) is 112 Å². The lowest BCUT2D eigenvalue weighted by Gasteiger charge is -2.39. The van der Waals surface area contributed by atoms with E-state index >= 15 is 0 Å². The highest BCUT2D eigenvalue weighted by molar-refractivity contribution is 8.77. The highest BCUT2D eigenvalue weighted by Crippen LogP contribution is 2.39. The Morgan fingerprint density at radius 2 is 2.04 bits per heavy atom. The van der Waals surface area contributed by atoms with E-state index in [1.165, 1.54) is 21.6 Å². The van der Waals surface area contributed by atoms with Crippen LogP contribution >= 0.6 is 32.9 Å². The number of aromatic nitrogens is 1. The van der Waals surface area contributed by atoms with Gasteiger partial charge in [0.25, 0.3) is 0 Å². The van der Waals surface area contributed by atoms with Gasteiger partial charge in [0.05, 0.1) is 28.7 Å². The molecule has 0 bridgehead atoms. The van der Waals surface area contributed by atoms with Gasteiger partial charge in [-0.2, -0.15) is 0 Å². The first-order valence-corrected chi connectivity index (χ1v) is 11.3. The van der Waals surface area contributed by atoms with Crippen molar-refractivity contribution in [2.24, 2.45) is 0 Å². The van der Waals surface area contributed by atoms with Crippen molar-refractivity contribution in [2.45, 2.75) is 40.3 Å². The molecule has 0 amide bonds. The highest BCUT2D eigenvalue weighted by Gasteiger charge is 2.44. The van der Waals surface area contributed by atoms with E-state index in [9.17, 15) is 20.4 Å². The number of ether oxygens (including phenoxy) is 2. The summed E-state index contributed by atoms with van der Waals surface area (Å²) in [5.74, 6) is 0. The predicted molar refractivity (Wildman–Crippen MR) is 107 cm³/mol. The summed E-state index contributed by atoms with van der Waals surface area (Å²) in [5, 5.41) is 38.7. The third kappa shape index (κ3) is 5.03. The van der Waals surface area contributed by atoms with Crippen molar-refractivity contribution in [1.82, 2.24) is 4.98 Å². The molecule has 6 atom stereocenters. The number of hydrogen-bond acceptors (Lipinski definition) is 10. The summed E-state index contributed by atoms with van der Waals surface area (Å²) >= 11 is 1.60. The number of para-hydroxylation sites is 1. The summed E-state index contributed by atoms with van der Waals surface area (Å²) < 4.78 is 12.9. The van der Waals surface area contributed by atoms with Crippen LogP contribution in [0.4, 0.5) is 0 Å². The molecule has 1 aliphatic heterocycles.